The fraction of sp³-hybridized carbons (Fsp3) is 0.857. The molecule has 2 bridgehead atoms. The molecule has 3 aliphatic rings. The maximum Gasteiger partial charge on any atom is 0.406 e. The van der Waals surface area contributed by atoms with E-state index in [2.05, 4.69) is 5.32 Å². The number of carbonyl (C=O) groups is 2. The summed E-state index contributed by atoms with van der Waals surface area (Å²) in [6.07, 6.45) is -0.157. The largest absolute Gasteiger partial charge is 0.406 e. The number of amides is 2. The van der Waals surface area contributed by atoms with Crippen LogP contribution in [0.2, 0.25) is 0 Å². The Labute approximate surface area is 121 Å². The van der Waals surface area contributed by atoms with Gasteiger partial charge in [-0.1, -0.05) is 6.42 Å². The molecule has 2 saturated carbocycles. The molecule has 2 amide bonds. The topological polar surface area (TPSA) is 49.4 Å². The summed E-state index contributed by atoms with van der Waals surface area (Å²) in [5.74, 6) is 0.450. The predicted octanol–water partition coefficient (Wildman–Crippen LogP) is 1.70. The Morgan fingerprint density at radius 3 is 2.62 bits per heavy atom. The van der Waals surface area contributed by atoms with Crippen molar-refractivity contribution in [1.29, 1.82) is 0 Å². The third-order valence-corrected chi connectivity index (χ3v) is 5.01. The van der Waals surface area contributed by atoms with E-state index in [4.69, 9.17) is 0 Å². The molecular weight excluding hydrogens is 285 g/mol. The van der Waals surface area contributed by atoms with Gasteiger partial charge in [-0.2, -0.15) is 13.2 Å². The molecular formula is C14H19F3N2O2. The standard InChI is InChI=1S/C14H19F3N2O2/c15-14(16,17)7-19-6-10(5-12(19)20)18-13(21)11-4-8-1-2-9(11)3-8/h8-11H,1-7H2,(H,18,21). The van der Waals surface area contributed by atoms with Gasteiger partial charge in [-0.05, 0) is 31.1 Å². The summed E-state index contributed by atoms with van der Waals surface area (Å²) in [4.78, 5) is 24.6. The average molecular weight is 304 g/mol. The first-order valence-electron chi connectivity index (χ1n) is 7.47. The van der Waals surface area contributed by atoms with Crippen LogP contribution in [0.1, 0.15) is 32.1 Å². The summed E-state index contributed by atoms with van der Waals surface area (Å²) >= 11 is 0. The molecule has 2 aliphatic carbocycles. The molecule has 1 saturated heterocycles. The van der Waals surface area contributed by atoms with Crippen molar-refractivity contribution < 1.29 is 22.8 Å². The molecule has 1 aliphatic heterocycles. The zero-order valence-electron chi connectivity index (χ0n) is 11.7. The molecule has 0 aromatic carbocycles. The average Bonchev–Trinajstić information content (AvgIpc) is 3.04. The van der Waals surface area contributed by atoms with Gasteiger partial charge in [-0.3, -0.25) is 9.59 Å². The van der Waals surface area contributed by atoms with E-state index in [-0.39, 0.29) is 24.8 Å². The number of fused-ring (bicyclic) bond motifs is 2. The van der Waals surface area contributed by atoms with Gasteiger partial charge in [0.1, 0.15) is 6.54 Å². The number of likely N-dealkylation sites (tertiary alicyclic amines) is 1. The Balaban J connectivity index is 1.52. The van der Waals surface area contributed by atoms with Crippen molar-refractivity contribution >= 4 is 11.8 Å². The van der Waals surface area contributed by atoms with E-state index in [0.717, 1.165) is 24.2 Å². The normalized spacial score (nSPS) is 35.6. The zero-order valence-corrected chi connectivity index (χ0v) is 11.7. The molecule has 3 fully saturated rings. The molecule has 0 spiro atoms. The van der Waals surface area contributed by atoms with Crippen LogP contribution in [0.15, 0.2) is 0 Å². The summed E-state index contributed by atoms with van der Waals surface area (Å²) in [6.45, 7) is -1.27. The molecule has 0 aromatic heterocycles. The fourth-order valence-electron chi connectivity index (χ4n) is 4.11. The number of carbonyl (C=O) groups excluding carboxylic acids is 2. The molecule has 118 valence electrons. The van der Waals surface area contributed by atoms with Crippen LogP contribution in [0.5, 0.6) is 0 Å². The fourth-order valence-corrected chi connectivity index (χ4v) is 4.11. The lowest BCUT2D eigenvalue weighted by Gasteiger charge is -2.23. The second-order valence-electron chi connectivity index (χ2n) is 6.58. The van der Waals surface area contributed by atoms with Crippen LogP contribution in [-0.4, -0.2) is 42.0 Å². The third-order valence-electron chi connectivity index (χ3n) is 5.01. The molecule has 1 heterocycles. The van der Waals surface area contributed by atoms with E-state index < -0.39 is 24.7 Å². The highest BCUT2D eigenvalue weighted by Gasteiger charge is 2.44. The summed E-state index contributed by atoms with van der Waals surface area (Å²) in [5.41, 5.74) is 0. The first-order valence-corrected chi connectivity index (χ1v) is 7.47. The number of rotatable bonds is 3. The highest BCUT2D eigenvalue weighted by atomic mass is 19.4. The minimum Gasteiger partial charge on any atom is -0.351 e. The Kier molecular flexibility index (Phi) is 3.61. The van der Waals surface area contributed by atoms with E-state index in [0.29, 0.717) is 11.8 Å². The third kappa shape index (κ3) is 3.16. The van der Waals surface area contributed by atoms with Gasteiger partial charge in [-0.25, -0.2) is 0 Å². The maximum atomic E-state index is 12.3. The first-order chi connectivity index (χ1) is 9.82. The van der Waals surface area contributed by atoms with Crippen molar-refractivity contribution in [2.45, 2.75) is 44.3 Å². The zero-order chi connectivity index (χ0) is 15.2. The summed E-state index contributed by atoms with van der Waals surface area (Å²) in [6, 6.07) is -0.480. The quantitative estimate of drug-likeness (QED) is 0.863. The Bertz CT molecular complexity index is 452. The lowest BCUT2D eigenvalue weighted by molar-refractivity contribution is -0.157. The molecule has 0 aromatic rings. The SMILES string of the molecule is O=C(NC1CC(=O)N(CC(F)(F)F)C1)C1CC2CCC1C2. The minimum atomic E-state index is -4.39. The van der Waals surface area contributed by atoms with Crippen molar-refractivity contribution in [3.8, 4) is 0 Å². The van der Waals surface area contributed by atoms with Gasteiger partial charge >= 0.3 is 6.18 Å². The molecule has 0 radical (unpaired) electrons. The lowest BCUT2D eigenvalue weighted by Crippen LogP contribution is -2.43. The Hall–Kier alpha value is -1.27. The molecule has 4 nitrogen and oxygen atoms in total. The monoisotopic (exact) mass is 304 g/mol. The lowest BCUT2D eigenvalue weighted by atomic mass is 9.88. The van der Waals surface area contributed by atoms with Gasteiger partial charge in [0.2, 0.25) is 11.8 Å². The summed E-state index contributed by atoms with van der Waals surface area (Å²) in [7, 11) is 0. The first kappa shape index (κ1) is 14.7. The molecule has 1 N–H and O–H groups in total. The van der Waals surface area contributed by atoms with Crippen molar-refractivity contribution in [3.63, 3.8) is 0 Å². The van der Waals surface area contributed by atoms with Crippen LogP contribution < -0.4 is 5.32 Å². The van der Waals surface area contributed by atoms with Crippen molar-refractivity contribution in [2.24, 2.45) is 17.8 Å². The van der Waals surface area contributed by atoms with E-state index in [1.165, 1.54) is 6.42 Å². The highest BCUT2D eigenvalue weighted by molar-refractivity contribution is 5.83. The second-order valence-corrected chi connectivity index (χ2v) is 6.58. The van der Waals surface area contributed by atoms with Crippen molar-refractivity contribution in [2.75, 3.05) is 13.1 Å². The van der Waals surface area contributed by atoms with Crippen LogP contribution in [0, 0.1) is 17.8 Å². The minimum absolute atomic E-state index is 0.00415. The van der Waals surface area contributed by atoms with E-state index >= 15 is 0 Å². The van der Waals surface area contributed by atoms with Crippen LogP contribution >= 0.6 is 0 Å². The number of nitrogens with one attached hydrogen (secondary N) is 1. The second kappa shape index (κ2) is 5.18. The van der Waals surface area contributed by atoms with Gasteiger partial charge in [0, 0.05) is 18.9 Å². The van der Waals surface area contributed by atoms with Gasteiger partial charge in [0.05, 0.1) is 6.04 Å². The molecule has 4 atom stereocenters. The van der Waals surface area contributed by atoms with E-state index in [1.54, 1.807) is 0 Å². The van der Waals surface area contributed by atoms with Crippen LogP contribution in [-0.2, 0) is 9.59 Å². The summed E-state index contributed by atoms with van der Waals surface area (Å²) < 4.78 is 37.0. The molecule has 21 heavy (non-hydrogen) atoms. The van der Waals surface area contributed by atoms with Gasteiger partial charge in [-0.15, -0.1) is 0 Å². The Morgan fingerprint density at radius 2 is 2.05 bits per heavy atom. The molecule has 3 rings (SSSR count). The van der Waals surface area contributed by atoms with Gasteiger partial charge in [0.25, 0.3) is 0 Å². The Morgan fingerprint density at radius 1 is 1.29 bits per heavy atom. The maximum absolute atomic E-state index is 12.3. The van der Waals surface area contributed by atoms with Gasteiger partial charge in [0.15, 0.2) is 0 Å². The van der Waals surface area contributed by atoms with Crippen LogP contribution in [0.4, 0.5) is 13.2 Å². The summed E-state index contributed by atoms with van der Waals surface area (Å²) in [5, 5.41) is 2.78. The molecule has 7 heteroatoms. The van der Waals surface area contributed by atoms with Crippen LogP contribution in [0.3, 0.4) is 0 Å². The highest BCUT2D eigenvalue weighted by Crippen LogP contribution is 2.48. The smallest absolute Gasteiger partial charge is 0.351 e. The van der Waals surface area contributed by atoms with E-state index in [9.17, 15) is 22.8 Å². The van der Waals surface area contributed by atoms with Crippen molar-refractivity contribution in [3.05, 3.63) is 0 Å². The number of hydrogen-bond donors (Lipinski definition) is 1. The predicted molar refractivity (Wildman–Crippen MR) is 68.1 cm³/mol. The molecule has 4 unspecified atom stereocenters. The number of alkyl halides is 3. The number of halogens is 3. The number of hydrogen-bond acceptors (Lipinski definition) is 2. The van der Waals surface area contributed by atoms with Gasteiger partial charge < -0.3 is 10.2 Å². The van der Waals surface area contributed by atoms with Crippen molar-refractivity contribution in [1.82, 2.24) is 10.2 Å². The van der Waals surface area contributed by atoms with Crippen LogP contribution in [0.25, 0.3) is 0 Å². The van der Waals surface area contributed by atoms with E-state index in [1.807, 2.05) is 0 Å². The number of nitrogens with zero attached hydrogens (tertiary/aromatic N) is 1.